The van der Waals surface area contributed by atoms with Crippen molar-refractivity contribution in [2.45, 2.75) is 32.8 Å². The molecule has 0 aliphatic rings. The lowest BCUT2D eigenvalue weighted by Crippen LogP contribution is -2.25. The molecule has 0 radical (unpaired) electrons. The second kappa shape index (κ2) is 5.14. The lowest BCUT2D eigenvalue weighted by Gasteiger charge is -2.26. The normalized spacial score (nSPS) is 14.2. The van der Waals surface area contributed by atoms with Crippen molar-refractivity contribution >= 4 is 0 Å². The van der Waals surface area contributed by atoms with E-state index in [1.807, 2.05) is 32.0 Å². The smallest absolute Gasteiger partial charge is 0.123 e. The Labute approximate surface area is 113 Å². The molecule has 1 atom stereocenters. The molecule has 1 unspecified atom stereocenters. The molecule has 0 aliphatic heterocycles. The summed E-state index contributed by atoms with van der Waals surface area (Å²) in [5.41, 5.74) is 2.96. The summed E-state index contributed by atoms with van der Waals surface area (Å²) in [6.07, 6.45) is 0.481. The van der Waals surface area contributed by atoms with Gasteiger partial charge in [-0.25, -0.2) is 4.39 Å². The molecule has 0 saturated heterocycles. The molecular formula is C17H19FO. The van der Waals surface area contributed by atoms with Crippen LogP contribution < -0.4 is 0 Å². The van der Waals surface area contributed by atoms with E-state index in [1.54, 1.807) is 19.1 Å². The van der Waals surface area contributed by atoms with Gasteiger partial charge in [0.2, 0.25) is 0 Å². The molecule has 100 valence electrons. The van der Waals surface area contributed by atoms with Gasteiger partial charge in [0.05, 0.1) is 5.60 Å². The number of benzene rings is 2. The molecule has 2 heteroatoms. The minimum Gasteiger partial charge on any atom is -0.385 e. The third kappa shape index (κ3) is 3.02. The van der Waals surface area contributed by atoms with E-state index >= 15 is 0 Å². The maximum Gasteiger partial charge on any atom is 0.123 e. The Morgan fingerprint density at radius 3 is 2.21 bits per heavy atom. The van der Waals surface area contributed by atoms with Crippen LogP contribution in [0, 0.1) is 19.7 Å². The van der Waals surface area contributed by atoms with Gasteiger partial charge in [-0.2, -0.15) is 0 Å². The van der Waals surface area contributed by atoms with E-state index in [0.29, 0.717) is 12.0 Å². The van der Waals surface area contributed by atoms with Crippen molar-refractivity contribution in [3.63, 3.8) is 0 Å². The van der Waals surface area contributed by atoms with Crippen LogP contribution in [0.4, 0.5) is 4.39 Å². The van der Waals surface area contributed by atoms with Gasteiger partial charge in [0.25, 0.3) is 0 Å². The van der Waals surface area contributed by atoms with Crippen molar-refractivity contribution in [3.8, 4) is 0 Å². The first-order valence-electron chi connectivity index (χ1n) is 6.44. The van der Waals surface area contributed by atoms with E-state index in [9.17, 15) is 9.50 Å². The zero-order valence-corrected chi connectivity index (χ0v) is 11.6. The van der Waals surface area contributed by atoms with Gasteiger partial charge in [0, 0.05) is 6.42 Å². The van der Waals surface area contributed by atoms with Crippen LogP contribution in [0.15, 0.2) is 42.5 Å². The maximum absolute atomic E-state index is 13.3. The number of hydrogen-bond acceptors (Lipinski definition) is 1. The Kier molecular flexibility index (Phi) is 3.72. The average molecular weight is 258 g/mol. The molecule has 0 amide bonds. The van der Waals surface area contributed by atoms with Crippen molar-refractivity contribution in [2.75, 3.05) is 0 Å². The van der Waals surface area contributed by atoms with Gasteiger partial charge in [0.1, 0.15) is 5.82 Å². The van der Waals surface area contributed by atoms with E-state index < -0.39 is 5.60 Å². The number of halogens is 1. The molecule has 1 N–H and O–H groups in total. The van der Waals surface area contributed by atoms with E-state index in [0.717, 1.165) is 16.7 Å². The zero-order valence-electron chi connectivity index (χ0n) is 11.6. The SMILES string of the molecule is Cc1cccc(C)c1CC(C)(O)c1cccc(F)c1. The third-order valence-corrected chi connectivity index (χ3v) is 3.61. The molecule has 2 aromatic rings. The Morgan fingerprint density at radius 2 is 1.63 bits per heavy atom. The second-order valence-corrected chi connectivity index (χ2v) is 5.33. The highest BCUT2D eigenvalue weighted by molar-refractivity contribution is 5.36. The summed E-state index contributed by atoms with van der Waals surface area (Å²) in [5, 5.41) is 10.6. The summed E-state index contributed by atoms with van der Waals surface area (Å²) in [4.78, 5) is 0. The Bertz CT molecular complexity index is 567. The number of hydrogen-bond donors (Lipinski definition) is 1. The first kappa shape index (κ1) is 13.8. The summed E-state index contributed by atoms with van der Waals surface area (Å²) in [6.45, 7) is 5.79. The van der Waals surface area contributed by atoms with Gasteiger partial charge in [-0.05, 0) is 55.2 Å². The molecule has 0 fully saturated rings. The molecule has 0 saturated carbocycles. The molecule has 0 aliphatic carbocycles. The van der Waals surface area contributed by atoms with Gasteiger partial charge in [0.15, 0.2) is 0 Å². The van der Waals surface area contributed by atoms with Crippen LogP contribution in [-0.4, -0.2) is 5.11 Å². The second-order valence-electron chi connectivity index (χ2n) is 5.33. The van der Waals surface area contributed by atoms with Gasteiger partial charge in [-0.3, -0.25) is 0 Å². The van der Waals surface area contributed by atoms with Gasteiger partial charge in [-0.1, -0.05) is 30.3 Å². The van der Waals surface area contributed by atoms with E-state index in [4.69, 9.17) is 0 Å². The van der Waals surface area contributed by atoms with E-state index in [-0.39, 0.29) is 5.82 Å². The molecule has 0 bridgehead atoms. The van der Waals surface area contributed by atoms with Crippen LogP contribution in [-0.2, 0) is 12.0 Å². The summed E-state index contributed by atoms with van der Waals surface area (Å²) in [7, 11) is 0. The molecule has 1 nitrogen and oxygen atoms in total. The Hall–Kier alpha value is -1.67. The Balaban J connectivity index is 2.36. The molecule has 2 rings (SSSR count). The zero-order chi connectivity index (χ0) is 14.0. The van der Waals surface area contributed by atoms with E-state index in [1.165, 1.54) is 12.1 Å². The number of aliphatic hydroxyl groups is 1. The molecule has 2 aromatic carbocycles. The number of rotatable bonds is 3. The lowest BCUT2D eigenvalue weighted by atomic mass is 9.86. The quantitative estimate of drug-likeness (QED) is 0.885. The fourth-order valence-electron chi connectivity index (χ4n) is 2.40. The maximum atomic E-state index is 13.3. The topological polar surface area (TPSA) is 20.2 Å². The van der Waals surface area contributed by atoms with Crippen molar-refractivity contribution in [1.29, 1.82) is 0 Å². The summed E-state index contributed by atoms with van der Waals surface area (Å²) in [6, 6.07) is 12.2. The van der Waals surface area contributed by atoms with E-state index in [2.05, 4.69) is 0 Å². The van der Waals surface area contributed by atoms with Crippen LogP contribution >= 0.6 is 0 Å². The lowest BCUT2D eigenvalue weighted by molar-refractivity contribution is 0.0569. The fraction of sp³-hybridized carbons (Fsp3) is 0.294. The highest BCUT2D eigenvalue weighted by atomic mass is 19.1. The molecule has 0 heterocycles. The van der Waals surface area contributed by atoms with Gasteiger partial charge in [-0.15, -0.1) is 0 Å². The molecule has 0 spiro atoms. The first-order chi connectivity index (χ1) is 8.90. The Morgan fingerprint density at radius 1 is 1.05 bits per heavy atom. The summed E-state index contributed by atoms with van der Waals surface area (Å²) in [5.74, 6) is -0.320. The van der Waals surface area contributed by atoms with Gasteiger partial charge >= 0.3 is 0 Å². The van der Waals surface area contributed by atoms with Crippen molar-refractivity contribution in [3.05, 3.63) is 70.5 Å². The molecule has 0 aromatic heterocycles. The van der Waals surface area contributed by atoms with Crippen LogP contribution in [0.5, 0.6) is 0 Å². The van der Waals surface area contributed by atoms with Crippen LogP contribution in [0.3, 0.4) is 0 Å². The van der Waals surface area contributed by atoms with Gasteiger partial charge < -0.3 is 5.11 Å². The minimum absolute atomic E-state index is 0.320. The number of aryl methyl sites for hydroxylation is 2. The van der Waals surface area contributed by atoms with Crippen LogP contribution in [0.1, 0.15) is 29.2 Å². The summed E-state index contributed by atoms with van der Waals surface area (Å²) < 4.78 is 13.3. The fourth-order valence-corrected chi connectivity index (χ4v) is 2.40. The van der Waals surface area contributed by atoms with Crippen LogP contribution in [0.25, 0.3) is 0 Å². The minimum atomic E-state index is -1.07. The molecule has 19 heavy (non-hydrogen) atoms. The highest BCUT2D eigenvalue weighted by Gasteiger charge is 2.25. The standard InChI is InChI=1S/C17H19FO/c1-12-6-4-7-13(2)16(12)11-17(3,19)14-8-5-9-15(18)10-14/h4-10,19H,11H2,1-3H3. The van der Waals surface area contributed by atoms with Crippen LogP contribution in [0.2, 0.25) is 0 Å². The largest absolute Gasteiger partial charge is 0.385 e. The third-order valence-electron chi connectivity index (χ3n) is 3.61. The summed E-state index contributed by atoms with van der Waals surface area (Å²) >= 11 is 0. The highest BCUT2D eigenvalue weighted by Crippen LogP contribution is 2.28. The average Bonchev–Trinajstić information content (AvgIpc) is 2.34. The van der Waals surface area contributed by atoms with Crippen molar-refractivity contribution < 1.29 is 9.50 Å². The van der Waals surface area contributed by atoms with Crippen molar-refractivity contribution in [2.24, 2.45) is 0 Å². The monoisotopic (exact) mass is 258 g/mol. The predicted molar refractivity (Wildman–Crippen MR) is 75.6 cm³/mol. The van der Waals surface area contributed by atoms with Crippen molar-refractivity contribution in [1.82, 2.24) is 0 Å². The molecular weight excluding hydrogens is 239 g/mol. The predicted octanol–water partition coefficient (Wildman–Crippen LogP) is 3.89. The first-order valence-corrected chi connectivity index (χ1v) is 6.44.